The first-order valence-corrected chi connectivity index (χ1v) is 7.84. The second kappa shape index (κ2) is 5.49. The molecule has 0 aliphatic carbocycles. The lowest BCUT2D eigenvalue weighted by Crippen LogP contribution is -2.30. The third-order valence-electron chi connectivity index (χ3n) is 2.65. The van der Waals surface area contributed by atoms with Crippen LogP contribution in [-0.2, 0) is 14.6 Å². The number of aromatic nitrogens is 2. The molecular weight excluding hydrogens is 294 g/mol. The highest BCUT2D eigenvalue weighted by Gasteiger charge is 2.16. The lowest BCUT2D eigenvalue weighted by Gasteiger charge is -2.04. The molecule has 7 nitrogen and oxygen atoms in total. The Hall–Kier alpha value is -2.48. The molecule has 0 aromatic carbocycles. The zero-order valence-corrected chi connectivity index (χ0v) is 12.3. The van der Waals surface area contributed by atoms with E-state index in [2.05, 4.69) is 10.3 Å². The van der Waals surface area contributed by atoms with Crippen LogP contribution in [0.2, 0.25) is 0 Å². The monoisotopic (exact) mass is 308 g/mol. The Balaban J connectivity index is 2.52. The minimum atomic E-state index is -3.45. The van der Waals surface area contributed by atoms with Gasteiger partial charge in [-0.25, -0.2) is 13.4 Å². The molecule has 0 atom stereocenters. The van der Waals surface area contributed by atoms with Crippen LogP contribution in [0.1, 0.15) is 6.92 Å². The van der Waals surface area contributed by atoms with Gasteiger partial charge in [0.15, 0.2) is 9.84 Å². The van der Waals surface area contributed by atoms with Gasteiger partial charge in [-0.1, -0.05) is 0 Å². The summed E-state index contributed by atoms with van der Waals surface area (Å²) >= 11 is 0. The third kappa shape index (κ3) is 3.76. The van der Waals surface area contributed by atoms with Crippen LogP contribution < -0.4 is 10.0 Å². The van der Waals surface area contributed by atoms with Crippen LogP contribution in [0.5, 0.6) is 0 Å². The Morgan fingerprint density at radius 3 is 2.62 bits per heavy atom. The van der Waals surface area contributed by atoms with E-state index in [1.165, 1.54) is 25.4 Å². The average molecular weight is 308 g/mol. The van der Waals surface area contributed by atoms with Crippen molar-refractivity contribution in [1.29, 1.82) is 0 Å². The first-order chi connectivity index (χ1) is 9.75. The number of pyridine rings is 2. The number of hydrogen-bond acceptors (Lipinski definition) is 5. The molecule has 0 saturated carbocycles. The molecule has 0 saturated heterocycles. The van der Waals surface area contributed by atoms with E-state index in [1.807, 2.05) is 0 Å². The maximum Gasteiger partial charge on any atom is 0.240 e. The minimum Gasteiger partial charge on any atom is -0.311 e. The lowest BCUT2D eigenvalue weighted by atomic mass is 10.1. The van der Waals surface area contributed by atoms with E-state index >= 15 is 0 Å². The van der Waals surface area contributed by atoms with E-state index in [9.17, 15) is 18.4 Å². The number of nitrogens with one attached hydrogen (secondary N) is 1. The van der Waals surface area contributed by atoms with Gasteiger partial charge < -0.3 is 5.32 Å². The largest absolute Gasteiger partial charge is 0.311 e. The smallest absolute Gasteiger partial charge is 0.240 e. The molecule has 21 heavy (non-hydrogen) atoms. The minimum absolute atomic E-state index is 0.0135. The number of carbonyl (C=O) groups excluding carboxylic acids is 1. The molecule has 2 heterocycles. The molecule has 0 aliphatic heterocycles. The summed E-state index contributed by atoms with van der Waals surface area (Å²) in [5.41, 5.74) is 1.09. The van der Waals surface area contributed by atoms with Gasteiger partial charge in [0.1, 0.15) is 10.7 Å². The fourth-order valence-electron chi connectivity index (χ4n) is 1.76. The summed E-state index contributed by atoms with van der Waals surface area (Å²) in [6.45, 7) is 1.36. The molecular formula is C13H14N3O4S+. The molecule has 0 fully saturated rings. The Morgan fingerprint density at radius 2 is 2.00 bits per heavy atom. The number of anilines is 1. The summed E-state index contributed by atoms with van der Waals surface area (Å²) in [6, 6.07) is 4.67. The fourth-order valence-corrected chi connectivity index (χ4v) is 2.40. The van der Waals surface area contributed by atoms with Crippen molar-refractivity contribution in [2.45, 2.75) is 11.8 Å². The van der Waals surface area contributed by atoms with Gasteiger partial charge >= 0.3 is 0 Å². The predicted molar refractivity (Wildman–Crippen MR) is 74.5 cm³/mol. The number of rotatable bonds is 3. The number of nitrogens with zero attached hydrogens (tertiary/aromatic N) is 2. The highest BCUT2D eigenvalue weighted by atomic mass is 32.2. The topological polar surface area (TPSA) is 100 Å². The van der Waals surface area contributed by atoms with Gasteiger partial charge in [-0.05, 0) is 23.8 Å². The fraction of sp³-hybridized carbons (Fsp3) is 0.154. The van der Waals surface area contributed by atoms with E-state index in [1.54, 1.807) is 12.1 Å². The molecule has 2 aromatic heterocycles. The summed E-state index contributed by atoms with van der Waals surface area (Å²) in [7, 11) is -3.45. The number of carbonyl (C=O) groups is 1. The first kappa shape index (κ1) is 14.9. The van der Waals surface area contributed by atoms with Crippen LogP contribution in [0.3, 0.4) is 0 Å². The van der Waals surface area contributed by atoms with Crippen molar-refractivity contribution in [2.24, 2.45) is 0 Å². The molecule has 0 unspecified atom stereocenters. The van der Waals surface area contributed by atoms with Crippen molar-refractivity contribution in [3.63, 3.8) is 0 Å². The number of amides is 1. The van der Waals surface area contributed by atoms with Crippen LogP contribution >= 0.6 is 0 Å². The van der Waals surface area contributed by atoms with Gasteiger partial charge in [0.2, 0.25) is 18.3 Å². The van der Waals surface area contributed by atoms with E-state index in [4.69, 9.17) is 0 Å². The SMILES string of the molecule is CC(=O)Nc1cc(-c2cc(S(C)(=O)=O)c[n+](O)c2)ccn1. The summed E-state index contributed by atoms with van der Waals surface area (Å²) in [5.74, 6) is 0.0796. The van der Waals surface area contributed by atoms with Crippen molar-refractivity contribution in [1.82, 2.24) is 4.98 Å². The molecule has 2 N–H and O–H groups in total. The van der Waals surface area contributed by atoms with Gasteiger partial charge in [-0.15, -0.1) is 0 Å². The second-order valence-corrected chi connectivity index (χ2v) is 6.54. The maximum absolute atomic E-state index is 11.6. The van der Waals surface area contributed by atoms with Crippen LogP contribution in [0.4, 0.5) is 5.82 Å². The van der Waals surface area contributed by atoms with Crippen LogP contribution in [0, 0.1) is 0 Å². The van der Waals surface area contributed by atoms with Crippen molar-refractivity contribution < 1.29 is 23.1 Å². The molecule has 1 amide bonds. The highest BCUT2D eigenvalue weighted by molar-refractivity contribution is 7.90. The van der Waals surface area contributed by atoms with Gasteiger partial charge in [0, 0.05) is 24.1 Å². The van der Waals surface area contributed by atoms with Gasteiger partial charge in [0.25, 0.3) is 0 Å². The van der Waals surface area contributed by atoms with Crippen LogP contribution in [0.25, 0.3) is 11.1 Å². The van der Waals surface area contributed by atoms with E-state index in [0.29, 0.717) is 21.7 Å². The van der Waals surface area contributed by atoms with Crippen molar-refractivity contribution >= 4 is 21.6 Å². The zero-order valence-electron chi connectivity index (χ0n) is 11.4. The third-order valence-corrected chi connectivity index (χ3v) is 3.73. The number of hydrogen-bond donors (Lipinski definition) is 2. The van der Waals surface area contributed by atoms with Gasteiger partial charge in [-0.3, -0.25) is 10.0 Å². The summed E-state index contributed by atoms with van der Waals surface area (Å²) in [4.78, 5) is 15.0. The Morgan fingerprint density at radius 1 is 1.29 bits per heavy atom. The van der Waals surface area contributed by atoms with Crippen molar-refractivity contribution in [3.05, 3.63) is 36.8 Å². The Bertz CT molecular complexity index is 803. The molecule has 8 heteroatoms. The van der Waals surface area contributed by atoms with Crippen LogP contribution in [-0.4, -0.2) is 30.8 Å². The standard InChI is InChI=1S/C13H13N3O4S/c1-9(17)15-13-6-10(3-4-14-13)11-5-12(21(2,19)20)8-16(18)7-11/h3-8H,1-2H3,(H-,14,15,17,18)/p+1. The van der Waals surface area contributed by atoms with E-state index < -0.39 is 9.84 Å². The van der Waals surface area contributed by atoms with Crippen molar-refractivity contribution in [3.8, 4) is 11.1 Å². The Labute approximate surface area is 121 Å². The molecule has 0 bridgehead atoms. The second-order valence-electron chi connectivity index (χ2n) is 4.52. The lowest BCUT2D eigenvalue weighted by molar-refractivity contribution is -0.905. The summed E-state index contributed by atoms with van der Waals surface area (Å²) < 4.78 is 23.9. The molecule has 0 spiro atoms. The average Bonchev–Trinajstić information content (AvgIpc) is 2.36. The molecule has 110 valence electrons. The van der Waals surface area contributed by atoms with Crippen molar-refractivity contribution in [2.75, 3.05) is 11.6 Å². The van der Waals surface area contributed by atoms with Crippen LogP contribution in [0.15, 0.2) is 41.7 Å². The first-order valence-electron chi connectivity index (χ1n) is 5.95. The highest BCUT2D eigenvalue weighted by Crippen LogP contribution is 2.22. The zero-order chi connectivity index (χ0) is 15.6. The van der Waals surface area contributed by atoms with E-state index in [-0.39, 0.29) is 10.8 Å². The summed E-state index contributed by atoms with van der Waals surface area (Å²) in [6.07, 6.45) is 5.01. The predicted octanol–water partition coefficient (Wildman–Crippen LogP) is 0.635. The van der Waals surface area contributed by atoms with E-state index in [0.717, 1.165) is 12.5 Å². The van der Waals surface area contributed by atoms with Gasteiger partial charge in [0.05, 0.1) is 5.56 Å². The number of sulfone groups is 1. The summed E-state index contributed by atoms with van der Waals surface area (Å²) in [5, 5.41) is 12.1. The Kier molecular flexibility index (Phi) is 3.90. The quantitative estimate of drug-likeness (QED) is 0.640. The molecule has 2 rings (SSSR count). The maximum atomic E-state index is 11.6. The molecule has 0 radical (unpaired) electrons. The molecule has 0 aliphatic rings. The normalized spacial score (nSPS) is 11.1. The van der Waals surface area contributed by atoms with Gasteiger partial charge in [-0.2, -0.15) is 0 Å². The molecule has 2 aromatic rings.